The second-order valence-electron chi connectivity index (χ2n) is 7.50. The Morgan fingerprint density at radius 2 is 2.08 bits per heavy atom. The summed E-state index contributed by atoms with van der Waals surface area (Å²) in [6.07, 6.45) is 4.85. The van der Waals surface area contributed by atoms with Crippen LogP contribution in [0, 0.1) is 12.8 Å². The van der Waals surface area contributed by atoms with Gasteiger partial charge >= 0.3 is 6.09 Å². The van der Waals surface area contributed by atoms with Crippen molar-refractivity contribution in [3.8, 4) is 0 Å². The first-order chi connectivity index (χ1) is 11.7. The lowest BCUT2D eigenvalue weighted by Gasteiger charge is -2.20. The number of hydrogen-bond donors (Lipinski definition) is 1. The van der Waals surface area contributed by atoms with E-state index in [2.05, 4.69) is 10.3 Å². The molecule has 1 fully saturated rings. The van der Waals surface area contributed by atoms with Crippen molar-refractivity contribution in [2.75, 3.05) is 6.54 Å². The fraction of sp³-hybridized carbons (Fsp3) is 0.500. The predicted molar refractivity (Wildman–Crippen MR) is 96.2 cm³/mol. The van der Waals surface area contributed by atoms with E-state index in [1.54, 1.807) is 27.0 Å². The van der Waals surface area contributed by atoms with Gasteiger partial charge < -0.3 is 10.1 Å². The van der Waals surface area contributed by atoms with Crippen LogP contribution in [-0.4, -0.2) is 33.7 Å². The number of hydrogen-bond acceptors (Lipinski definition) is 4. The van der Waals surface area contributed by atoms with Gasteiger partial charge in [0.25, 0.3) is 5.91 Å². The van der Waals surface area contributed by atoms with Gasteiger partial charge in [-0.1, -0.05) is 11.6 Å². The van der Waals surface area contributed by atoms with Crippen molar-refractivity contribution in [2.24, 2.45) is 5.92 Å². The van der Waals surface area contributed by atoms with Gasteiger partial charge in [0.05, 0.1) is 11.1 Å². The number of rotatable bonds is 3. The van der Waals surface area contributed by atoms with E-state index in [9.17, 15) is 9.59 Å². The lowest BCUT2D eigenvalue weighted by molar-refractivity contribution is 0.0544. The quantitative estimate of drug-likeness (QED) is 0.839. The summed E-state index contributed by atoms with van der Waals surface area (Å²) in [6.45, 7) is 7.87. The molecule has 3 rings (SSSR count). The highest BCUT2D eigenvalue weighted by Crippen LogP contribution is 2.31. The molecule has 1 amide bonds. The van der Waals surface area contributed by atoms with Crippen molar-refractivity contribution >= 4 is 34.5 Å². The summed E-state index contributed by atoms with van der Waals surface area (Å²) in [4.78, 5) is 29.1. The Labute approximate surface area is 151 Å². The van der Waals surface area contributed by atoms with E-state index >= 15 is 0 Å². The van der Waals surface area contributed by atoms with E-state index in [4.69, 9.17) is 16.3 Å². The largest absolute Gasteiger partial charge is 0.443 e. The topological polar surface area (TPSA) is 73.2 Å². The molecular formula is C18H22ClN3O3. The van der Waals surface area contributed by atoms with Crippen LogP contribution in [0.25, 0.3) is 10.9 Å². The first kappa shape index (κ1) is 17.7. The minimum absolute atomic E-state index is 0.160. The van der Waals surface area contributed by atoms with Gasteiger partial charge in [-0.3, -0.25) is 4.79 Å². The number of ether oxygens (including phenoxy) is 1. The standard InChI is InChI=1S/C18H22ClN3O3/c1-10-9-22(17(24)25-18(2,3)4)14-13(10)12(8-20-15(14)19)16(23)21-7-11-5-6-11/h8-9,11H,5-7H2,1-4H3,(H,21,23). The molecule has 0 atom stereocenters. The molecule has 1 aliphatic rings. The Hall–Kier alpha value is -2.08. The summed E-state index contributed by atoms with van der Waals surface area (Å²) in [7, 11) is 0. The van der Waals surface area contributed by atoms with Gasteiger partial charge in [0.15, 0.2) is 5.15 Å². The first-order valence-electron chi connectivity index (χ1n) is 8.35. The molecule has 1 N–H and O–H groups in total. The fourth-order valence-corrected chi connectivity index (χ4v) is 2.94. The van der Waals surface area contributed by atoms with Crippen molar-refractivity contribution in [1.82, 2.24) is 14.9 Å². The van der Waals surface area contributed by atoms with Gasteiger partial charge in [-0.15, -0.1) is 0 Å². The van der Waals surface area contributed by atoms with E-state index in [1.807, 2.05) is 6.92 Å². The molecule has 0 unspecified atom stereocenters. The van der Waals surface area contributed by atoms with Gasteiger partial charge in [0, 0.05) is 24.3 Å². The van der Waals surface area contributed by atoms with E-state index in [0.29, 0.717) is 28.9 Å². The molecule has 6 nitrogen and oxygen atoms in total. The number of fused-ring (bicyclic) bond motifs is 1. The Morgan fingerprint density at radius 3 is 2.68 bits per heavy atom. The summed E-state index contributed by atoms with van der Waals surface area (Å²) in [5.74, 6) is 0.373. The normalized spacial score (nSPS) is 14.6. The van der Waals surface area contributed by atoms with E-state index < -0.39 is 11.7 Å². The molecule has 7 heteroatoms. The molecule has 0 aromatic carbocycles. The summed E-state index contributed by atoms with van der Waals surface area (Å²) >= 11 is 6.23. The maximum Gasteiger partial charge on any atom is 0.419 e. The molecule has 0 spiro atoms. The van der Waals surface area contributed by atoms with Crippen LogP contribution in [0.2, 0.25) is 5.15 Å². The molecule has 2 aromatic heterocycles. The van der Waals surface area contributed by atoms with Crippen LogP contribution in [0.15, 0.2) is 12.4 Å². The number of pyridine rings is 1. The van der Waals surface area contributed by atoms with Crippen molar-refractivity contribution in [1.29, 1.82) is 0 Å². The van der Waals surface area contributed by atoms with Gasteiger partial charge in [-0.25, -0.2) is 14.3 Å². The Balaban J connectivity index is 2.02. The Bertz CT molecular complexity index is 847. The van der Waals surface area contributed by atoms with E-state index in [1.165, 1.54) is 10.8 Å². The third-order valence-corrected chi connectivity index (χ3v) is 4.33. The van der Waals surface area contributed by atoms with Crippen LogP contribution in [0.3, 0.4) is 0 Å². The van der Waals surface area contributed by atoms with Crippen molar-refractivity contribution in [3.63, 3.8) is 0 Å². The van der Waals surface area contributed by atoms with Gasteiger partial charge in [-0.2, -0.15) is 0 Å². The highest BCUT2D eigenvalue weighted by Gasteiger charge is 2.26. The van der Waals surface area contributed by atoms with Crippen molar-refractivity contribution in [3.05, 3.63) is 28.7 Å². The van der Waals surface area contributed by atoms with Gasteiger partial charge in [0.2, 0.25) is 0 Å². The number of aryl methyl sites for hydroxylation is 1. The predicted octanol–water partition coefficient (Wildman–Crippen LogP) is 3.92. The lowest BCUT2D eigenvalue weighted by atomic mass is 10.1. The number of halogens is 1. The van der Waals surface area contributed by atoms with Crippen molar-refractivity contribution < 1.29 is 14.3 Å². The number of carbonyl (C=O) groups excluding carboxylic acids is 2. The number of nitrogens with one attached hydrogen (secondary N) is 1. The van der Waals surface area contributed by atoms with Crippen LogP contribution in [0.5, 0.6) is 0 Å². The van der Waals surface area contributed by atoms with Gasteiger partial charge in [0.1, 0.15) is 5.60 Å². The zero-order valence-corrected chi connectivity index (χ0v) is 15.6. The summed E-state index contributed by atoms with van der Waals surface area (Å²) in [6, 6.07) is 0. The monoisotopic (exact) mass is 363 g/mol. The molecule has 25 heavy (non-hydrogen) atoms. The summed E-state index contributed by atoms with van der Waals surface area (Å²) < 4.78 is 6.75. The maximum absolute atomic E-state index is 12.5. The van der Waals surface area contributed by atoms with Crippen LogP contribution < -0.4 is 5.32 Å². The second kappa shape index (κ2) is 6.33. The molecule has 134 valence electrons. The highest BCUT2D eigenvalue weighted by molar-refractivity contribution is 6.35. The maximum atomic E-state index is 12.5. The van der Waals surface area contributed by atoms with Gasteiger partial charge in [-0.05, 0) is 52.0 Å². The first-order valence-corrected chi connectivity index (χ1v) is 8.73. The van der Waals surface area contributed by atoms with Crippen LogP contribution in [0.1, 0.15) is 49.5 Å². The van der Waals surface area contributed by atoms with Crippen LogP contribution >= 0.6 is 11.6 Å². The highest BCUT2D eigenvalue weighted by atomic mass is 35.5. The number of aromatic nitrogens is 2. The zero-order chi connectivity index (χ0) is 18.4. The lowest BCUT2D eigenvalue weighted by Crippen LogP contribution is -2.27. The van der Waals surface area contributed by atoms with E-state index in [0.717, 1.165) is 18.4 Å². The molecular weight excluding hydrogens is 342 g/mol. The molecule has 2 aromatic rings. The fourth-order valence-electron chi connectivity index (χ4n) is 2.70. The summed E-state index contributed by atoms with van der Waals surface area (Å²) in [5.41, 5.74) is 0.940. The molecule has 0 bridgehead atoms. The smallest absolute Gasteiger partial charge is 0.419 e. The second-order valence-corrected chi connectivity index (χ2v) is 7.86. The van der Waals surface area contributed by atoms with E-state index in [-0.39, 0.29) is 11.1 Å². The Kier molecular flexibility index (Phi) is 4.49. The molecule has 0 aliphatic heterocycles. The average molecular weight is 364 g/mol. The molecule has 0 radical (unpaired) electrons. The number of amides is 1. The third kappa shape index (κ3) is 3.79. The Morgan fingerprint density at radius 1 is 1.40 bits per heavy atom. The zero-order valence-electron chi connectivity index (χ0n) is 14.9. The number of nitrogens with zero attached hydrogens (tertiary/aromatic N) is 2. The minimum Gasteiger partial charge on any atom is -0.443 e. The molecule has 1 saturated carbocycles. The third-order valence-electron chi connectivity index (χ3n) is 4.05. The van der Waals surface area contributed by atoms with Crippen LogP contribution in [-0.2, 0) is 4.74 Å². The van der Waals surface area contributed by atoms with Crippen molar-refractivity contribution in [2.45, 2.75) is 46.1 Å². The molecule has 1 aliphatic carbocycles. The molecule has 0 saturated heterocycles. The number of carbonyl (C=O) groups is 2. The average Bonchev–Trinajstić information content (AvgIpc) is 3.26. The minimum atomic E-state index is -0.638. The SMILES string of the molecule is Cc1cn(C(=O)OC(C)(C)C)c2c(Cl)ncc(C(=O)NCC3CC3)c12. The van der Waals surface area contributed by atoms with Crippen LogP contribution in [0.4, 0.5) is 4.79 Å². The summed E-state index contributed by atoms with van der Waals surface area (Å²) in [5, 5.41) is 3.71. The molecule has 2 heterocycles.